The van der Waals surface area contributed by atoms with Crippen molar-refractivity contribution in [1.82, 2.24) is 4.31 Å². The van der Waals surface area contributed by atoms with Gasteiger partial charge < -0.3 is 5.11 Å². The zero-order chi connectivity index (χ0) is 13.9. The van der Waals surface area contributed by atoms with Gasteiger partial charge in [0.05, 0.1) is 11.3 Å². The molecule has 1 N–H and O–H groups in total. The SMILES string of the molecule is Cc1ccc(S(=O)(=O)N(C)CCC(=O)O)cc1F. The average Bonchev–Trinajstić information content (AvgIpc) is 2.29. The van der Waals surface area contributed by atoms with Crippen molar-refractivity contribution < 1.29 is 22.7 Å². The molecule has 0 bridgehead atoms. The Balaban J connectivity index is 2.98. The lowest BCUT2D eigenvalue weighted by Gasteiger charge is -2.16. The summed E-state index contributed by atoms with van der Waals surface area (Å²) in [6, 6.07) is 3.60. The molecule has 0 aliphatic heterocycles. The van der Waals surface area contributed by atoms with Crippen LogP contribution in [0.1, 0.15) is 12.0 Å². The predicted octanol–water partition coefficient (Wildman–Crippen LogP) is 1.23. The molecule has 0 heterocycles. The van der Waals surface area contributed by atoms with Crippen LogP contribution in [-0.4, -0.2) is 37.4 Å². The van der Waals surface area contributed by atoms with Gasteiger partial charge in [0, 0.05) is 13.6 Å². The molecule has 1 rings (SSSR count). The summed E-state index contributed by atoms with van der Waals surface area (Å²) in [6.45, 7) is 1.37. The minimum atomic E-state index is -3.84. The Morgan fingerprint density at radius 2 is 2.06 bits per heavy atom. The fraction of sp³-hybridized carbons (Fsp3) is 0.364. The van der Waals surface area contributed by atoms with E-state index in [-0.39, 0.29) is 17.9 Å². The second-order valence-electron chi connectivity index (χ2n) is 3.88. The fourth-order valence-electron chi connectivity index (χ4n) is 1.29. The normalized spacial score (nSPS) is 11.8. The third kappa shape index (κ3) is 3.27. The maximum absolute atomic E-state index is 13.3. The number of carbonyl (C=O) groups is 1. The number of carboxylic acid groups (broad SMARTS) is 1. The zero-order valence-electron chi connectivity index (χ0n) is 10.1. The highest BCUT2D eigenvalue weighted by Crippen LogP contribution is 2.17. The molecule has 0 fully saturated rings. The van der Waals surface area contributed by atoms with Crippen LogP contribution >= 0.6 is 0 Å². The van der Waals surface area contributed by atoms with E-state index in [0.717, 1.165) is 10.4 Å². The van der Waals surface area contributed by atoms with Crippen LogP contribution in [0, 0.1) is 12.7 Å². The summed E-state index contributed by atoms with van der Waals surface area (Å²) in [6.07, 6.45) is -0.302. The van der Waals surface area contributed by atoms with Crippen molar-refractivity contribution in [3.8, 4) is 0 Å². The average molecular weight is 275 g/mol. The minimum absolute atomic E-state index is 0.160. The quantitative estimate of drug-likeness (QED) is 0.877. The maximum Gasteiger partial charge on any atom is 0.304 e. The molecular formula is C11H14FNO4S. The molecule has 0 amide bonds. The molecule has 0 spiro atoms. The molecule has 1 aromatic rings. The lowest BCUT2D eigenvalue weighted by atomic mass is 10.2. The summed E-state index contributed by atoms with van der Waals surface area (Å²) < 4.78 is 38.2. The van der Waals surface area contributed by atoms with E-state index < -0.39 is 21.8 Å². The largest absolute Gasteiger partial charge is 0.481 e. The van der Waals surface area contributed by atoms with Gasteiger partial charge in [-0.15, -0.1) is 0 Å². The topological polar surface area (TPSA) is 74.7 Å². The van der Waals surface area contributed by atoms with Gasteiger partial charge in [-0.1, -0.05) is 6.07 Å². The highest BCUT2D eigenvalue weighted by molar-refractivity contribution is 7.89. The van der Waals surface area contributed by atoms with Crippen LogP contribution < -0.4 is 0 Å². The van der Waals surface area contributed by atoms with Gasteiger partial charge in [-0.3, -0.25) is 4.79 Å². The van der Waals surface area contributed by atoms with Crippen molar-refractivity contribution in [3.63, 3.8) is 0 Å². The number of hydrogen-bond donors (Lipinski definition) is 1. The third-order valence-corrected chi connectivity index (χ3v) is 4.34. The number of aliphatic carboxylic acids is 1. The first kappa shape index (κ1) is 14.6. The number of rotatable bonds is 5. The van der Waals surface area contributed by atoms with Gasteiger partial charge in [0.1, 0.15) is 5.82 Å². The number of hydrogen-bond acceptors (Lipinski definition) is 3. The second-order valence-corrected chi connectivity index (χ2v) is 5.93. The van der Waals surface area contributed by atoms with Gasteiger partial charge in [-0.05, 0) is 24.6 Å². The van der Waals surface area contributed by atoms with Crippen LogP contribution in [0.15, 0.2) is 23.1 Å². The second kappa shape index (κ2) is 5.45. The lowest BCUT2D eigenvalue weighted by molar-refractivity contribution is -0.137. The Morgan fingerprint density at radius 3 is 2.56 bits per heavy atom. The van der Waals surface area contributed by atoms with Crippen LogP contribution in [0.25, 0.3) is 0 Å². The minimum Gasteiger partial charge on any atom is -0.481 e. The summed E-state index contributed by atoms with van der Waals surface area (Å²) in [5.74, 6) is -1.70. The van der Waals surface area contributed by atoms with Crippen LogP contribution in [-0.2, 0) is 14.8 Å². The molecule has 0 saturated heterocycles. The molecule has 0 aliphatic carbocycles. The zero-order valence-corrected chi connectivity index (χ0v) is 10.9. The van der Waals surface area contributed by atoms with Gasteiger partial charge >= 0.3 is 5.97 Å². The molecular weight excluding hydrogens is 261 g/mol. The number of sulfonamides is 1. The monoisotopic (exact) mass is 275 g/mol. The number of aryl methyl sites for hydroxylation is 1. The van der Waals surface area contributed by atoms with E-state index in [1.54, 1.807) is 0 Å². The molecule has 100 valence electrons. The number of benzene rings is 1. The van der Waals surface area contributed by atoms with Gasteiger partial charge in [0.15, 0.2) is 0 Å². The molecule has 18 heavy (non-hydrogen) atoms. The molecule has 0 atom stereocenters. The van der Waals surface area contributed by atoms with Gasteiger partial charge in [-0.2, -0.15) is 0 Å². The van der Waals surface area contributed by atoms with Crippen LogP contribution in [0.3, 0.4) is 0 Å². The van der Waals surface area contributed by atoms with Crippen molar-refractivity contribution in [2.24, 2.45) is 0 Å². The molecule has 7 heteroatoms. The van der Waals surface area contributed by atoms with E-state index in [1.807, 2.05) is 0 Å². The van der Waals surface area contributed by atoms with Crippen molar-refractivity contribution >= 4 is 16.0 Å². The lowest BCUT2D eigenvalue weighted by Crippen LogP contribution is -2.29. The first-order valence-corrected chi connectivity index (χ1v) is 6.63. The molecule has 0 aliphatic rings. The Hall–Kier alpha value is -1.47. The van der Waals surface area contributed by atoms with E-state index in [0.29, 0.717) is 5.56 Å². The van der Waals surface area contributed by atoms with Gasteiger partial charge in [-0.25, -0.2) is 17.1 Å². The molecule has 0 aromatic heterocycles. The van der Waals surface area contributed by atoms with Crippen LogP contribution in [0.4, 0.5) is 4.39 Å². The van der Waals surface area contributed by atoms with Crippen molar-refractivity contribution in [2.75, 3.05) is 13.6 Å². The molecule has 5 nitrogen and oxygen atoms in total. The molecule has 0 radical (unpaired) electrons. The summed E-state index contributed by atoms with van der Waals surface area (Å²) >= 11 is 0. The Kier molecular flexibility index (Phi) is 4.42. The Bertz CT molecular complexity index is 556. The summed E-state index contributed by atoms with van der Waals surface area (Å²) in [5.41, 5.74) is 0.349. The maximum atomic E-state index is 13.3. The van der Waals surface area contributed by atoms with Gasteiger partial charge in [0.25, 0.3) is 0 Å². The van der Waals surface area contributed by atoms with E-state index in [4.69, 9.17) is 5.11 Å². The molecule has 0 unspecified atom stereocenters. The Labute approximate surface area is 105 Å². The van der Waals surface area contributed by atoms with E-state index in [9.17, 15) is 17.6 Å². The summed E-state index contributed by atoms with van der Waals surface area (Å²) in [5, 5.41) is 8.50. The molecule has 0 saturated carbocycles. The van der Waals surface area contributed by atoms with E-state index >= 15 is 0 Å². The third-order valence-electron chi connectivity index (χ3n) is 2.49. The number of carboxylic acids is 1. The van der Waals surface area contributed by atoms with E-state index in [2.05, 4.69) is 0 Å². The highest BCUT2D eigenvalue weighted by Gasteiger charge is 2.22. The fourth-order valence-corrected chi connectivity index (χ4v) is 2.47. The summed E-state index contributed by atoms with van der Waals surface area (Å²) in [7, 11) is -2.58. The predicted molar refractivity (Wildman–Crippen MR) is 63.2 cm³/mol. The number of halogens is 1. The standard InChI is InChI=1S/C11H14FNO4S/c1-8-3-4-9(7-10(8)12)18(16,17)13(2)6-5-11(14)15/h3-4,7H,5-6H2,1-2H3,(H,14,15). The highest BCUT2D eigenvalue weighted by atomic mass is 32.2. The number of nitrogens with zero attached hydrogens (tertiary/aromatic N) is 1. The van der Waals surface area contributed by atoms with Crippen molar-refractivity contribution in [3.05, 3.63) is 29.6 Å². The first-order chi connectivity index (χ1) is 8.25. The Morgan fingerprint density at radius 1 is 1.44 bits per heavy atom. The molecule has 1 aromatic carbocycles. The van der Waals surface area contributed by atoms with Crippen LogP contribution in [0.5, 0.6) is 0 Å². The van der Waals surface area contributed by atoms with Gasteiger partial charge in [0.2, 0.25) is 10.0 Å². The van der Waals surface area contributed by atoms with Crippen molar-refractivity contribution in [2.45, 2.75) is 18.2 Å². The summed E-state index contributed by atoms with van der Waals surface area (Å²) in [4.78, 5) is 10.2. The first-order valence-electron chi connectivity index (χ1n) is 5.19. The van der Waals surface area contributed by atoms with Crippen molar-refractivity contribution in [1.29, 1.82) is 0 Å². The smallest absolute Gasteiger partial charge is 0.304 e. The van der Waals surface area contributed by atoms with E-state index in [1.165, 1.54) is 26.1 Å². The van der Waals surface area contributed by atoms with Crippen LogP contribution in [0.2, 0.25) is 0 Å².